The SMILES string of the molecule is CC(C)(CCN)CNS(=O)(=O)C1CCS(=O)(=O)CC1. The van der Waals surface area contributed by atoms with Crippen molar-refractivity contribution in [3.05, 3.63) is 0 Å². The van der Waals surface area contributed by atoms with Crippen molar-refractivity contribution < 1.29 is 16.8 Å². The fraction of sp³-hybridized carbons (Fsp3) is 1.00. The summed E-state index contributed by atoms with van der Waals surface area (Å²) in [5.74, 6) is -0.0739. The predicted molar refractivity (Wildman–Crippen MR) is 76.1 cm³/mol. The fourth-order valence-corrected chi connectivity index (χ4v) is 5.55. The van der Waals surface area contributed by atoms with Crippen LogP contribution in [0.1, 0.15) is 33.1 Å². The average Bonchev–Trinajstić information content (AvgIpc) is 2.26. The summed E-state index contributed by atoms with van der Waals surface area (Å²) in [6.45, 7) is 4.74. The number of nitrogens with two attached hydrogens (primary N) is 1. The van der Waals surface area contributed by atoms with Gasteiger partial charge in [0.05, 0.1) is 16.8 Å². The maximum absolute atomic E-state index is 12.1. The van der Waals surface area contributed by atoms with Crippen molar-refractivity contribution in [2.45, 2.75) is 38.4 Å². The monoisotopic (exact) mass is 312 g/mol. The Morgan fingerprint density at radius 2 is 1.79 bits per heavy atom. The van der Waals surface area contributed by atoms with E-state index >= 15 is 0 Å². The molecule has 0 saturated carbocycles. The van der Waals surface area contributed by atoms with Gasteiger partial charge in [-0.15, -0.1) is 0 Å². The largest absolute Gasteiger partial charge is 0.330 e. The molecule has 1 rings (SSSR count). The summed E-state index contributed by atoms with van der Waals surface area (Å²) in [5, 5.41) is -0.593. The molecule has 0 amide bonds. The Labute approximate surface area is 116 Å². The normalized spacial score (nSPS) is 21.4. The highest BCUT2D eigenvalue weighted by molar-refractivity contribution is 7.92. The van der Waals surface area contributed by atoms with Crippen LogP contribution in [-0.2, 0) is 19.9 Å². The summed E-state index contributed by atoms with van der Waals surface area (Å²) in [4.78, 5) is 0. The maximum Gasteiger partial charge on any atom is 0.214 e. The first-order chi connectivity index (χ1) is 8.58. The highest BCUT2D eigenvalue weighted by Gasteiger charge is 2.33. The van der Waals surface area contributed by atoms with Crippen LogP contribution in [0.15, 0.2) is 0 Å². The van der Waals surface area contributed by atoms with E-state index in [4.69, 9.17) is 5.73 Å². The van der Waals surface area contributed by atoms with E-state index in [1.165, 1.54) is 0 Å². The molecule has 0 atom stereocenters. The minimum atomic E-state index is -3.44. The molecule has 0 unspecified atom stereocenters. The Morgan fingerprint density at radius 3 is 2.26 bits per heavy atom. The highest BCUT2D eigenvalue weighted by Crippen LogP contribution is 2.21. The number of rotatable bonds is 6. The molecular weight excluding hydrogens is 288 g/mol. The number of sulfone groups is 1. The predicted octanol–water partition coefficient (Wildman–Crippen LogP) is -0.142. The van der Waals surface area contributed by atoms with Gasteiger partial charge in [0.1, 0.15) is 9.84 Å². The Kier molecular flexibility index (Phi) is 5.39. The molecule has 0 spiro atoms. The molecule has 19 heavy (non-hydrogen) atoms. The van der Waals surface area contributed by atoms with Crippen molar-refractivity contribution in [1.82, 2.24) is 4.72 Å². The summed E-state index contributed by atoms with van der Waals surface area (Å²) >= 11 is 0. The zero-order valence-corrected chi connectivity index (χ0v) is 13.2. The summed E-state index contributed by atoms with van der Waals surface area (Å²) in [5.41, 5.74) is 5.29. The Hall–Kier alpha value is -0.180. The van der Waals surface area contributed by atoms with Gasteiger partial charge in [-0.05, 0) is 31.2 Å². The van der Waals surface area contributed by atoms with Crippen LogP contribution < -0.4 is 10.5 Å². The van der Waals surface area contributed by atoms with Gasteiger partial charge in [-0.3, -0.25) is 0 Å². The van der Waals surface area contributed by atoms with Gasteiger partial charge in [-0.25, -0.2) is 21.6 Å². The fourth-order valence-electron chi connectivity index (χ4n) is 2.07. The lowest BCUT2D eigenvalue weighted by molar-refractivity contribution is 0.339. The van der Waals surface area contributed by atoms with E-state index in [9.17, 15) is 16.8 Å². The van der Waals surface area contributed by atoms with Crippen LogP contribution in [0, 0.1) is 5.41 Å². The van der Waals surface area contributed by atoms with Crippen molar-refractivity contribution >= 4 is 19.9 Å². The van der Waals surface area contributed by atoms with Crippen LogP contribution in [0.4, 0.5) is 0 Å². The summed E-state index contributed by atoms with van der Waals surface area (Å²) in [6, 6.07) is 0. The van der Waals surface area contributed by atoms with Crippen molar-refractivity contribution in [3.8, 4) is 0 Å². The van der Waals surface area contributed by atoms with E-state index in [0.29, 0.717) is 13.1 Å². The third-order valence-corrected chi connectivity index (χ3v) is 7.12. The Balaban J connectivity index is 2.58. The highest BCUT2D eigenvalue weighted by atomic mass is 32.2. The van der Waals surface area contributed by atoms with Crippen LogP contribution in [0.3, 0.4) is 0 Å². The van der Waals surface area contributed by atoms with E-state index < -0.39 is 25.1 Å². The summed E-state index contributed by atoms with van der Waals surface area (Å²) in [7, 11) is -6.48. The lowest BCUT2D eigenvalue weighted by Crippen LogP contribution is -2.43. The quantitative estimate of drug-likeness (QED) is 0.710. The van der Waals surface area contributed by atoms with Crippen molar-refractivity contribution in [1.29, 1.82) is 0 Å². The third-order valence-electron chi connectivity index (χ3n) is 3.51. The molecule has 8 heteroatoms. The lowest BCUT2D eigenvalue weighted by Gasteiger charge is -2.27. The minimum Gasteiger partial charge on any atom is -0.330 e. The molecule has 3 N–H and O–H groups in total. The van der Waals surface area contributed by atoms with Gasteiger partial charge in [0.2, 0.25) is 10.0 Å². The van der Waals surface area contributed by atoms with Crippen LogP contribution in [0.2, 0.25) is 0 Å². The molecule has 0 radical (unpaired) electrons. The maximum atomic E-state index is 12.1. The van der Waals surface area contributed by atoms with Crippen molar-refractivity contribution in [2.24, 2.45) is 11.1 Å². The first-order valence-electron chi connectivity index (χ1n) is 6.47. The zero-order valence-electron chi connectivity index (χ0n) is 11.6. The topological polar surface area (TPSA) is 106 Å². The zero-order chi connectivity index (χ0) is 14.7. The Morgan fingerprint density at radius 1 is 1.26 bits per heavy atom. The van der Waals surface area contributed by atoms with Crippen LogP contribution in [0.25, 0.3) is 0 Å². The van der Waals surface area contributed by atoms with Crippen LogP contribution in [0.5, 0.6) is 0 Å². The molecule has 1 saturated heterocycles. The van der Waals surface area contributed by atoms with Gasteiger partial charge in [0.15, 0.2) is 0 Å². The molecule has 114 valence electrons. The molecule has 1 fully saturated rings. The van der Waals surface area contributed by atoms with Gasteiger partial charge < -0.3 is 5.73 Å². The standard InChI is InChI=1S/C11H24N2O4S2/c1-11(2,5-6-12)9-13-19(16,17)10-3-7-18(14,15)8-4-10/h10,13H,3-9,12H2,1-2H3. The van der Waals surface area contributed by atoms with Gasteiger partial charge in [-0.1, -0.05) is 13.8 Å². The number of sulfonamides is 1. The van der Waals surface area contributed by atoms with Crippen molar-refractivity contribution in [2.75, 3.05) is 24.6 Å². The van der Waals surface area contributed by atoms with E-state index in [2.05, 4.69) is 4.72 Å². The molecule has 6 nitrogen and oxygen atoms in total. The number of hydrogen-bond acceptors (Lipinski definition) is 5. The second-order valence-electron chi connectivity index (χ2n) is 5.92. The van der Waals surface area contributed by atoms with Gasteiger partial charge in [-0.2, -0.15) is 0 Å². The molecule has 1 aliphatic heterocycles. The second-order valence-corrected chi connectivity index (χ2v) is 10.3. The molecule has 0 aromatic carbocycles. The molecule has 1 aliphatic rings. The minimum absolute atomic E-state index is 0.0369. The first-order valence-corrected chi connectivity index (χ1v) is 9.84. The molecule has 0 bridgehead atoms. The molecular formula is C11H24N2O4S2. The first kappa shape index (κ1) is 16.9. The molecule has 0 aliphatic carbocycles. The van der Waals surface area contributed by atoms with E-state index in [0.717, 1.165) is 6.42 Å². The Bertz CT molecular complexity index is 483. The van der Waals surface area contributed by atoms with Crippen LogP contribution in [-0.4, -0.2) is 46.7 Å². The number of hydrogen-bond donors (Lipinski definition) is 2. The van der Waals surface area contributed by atoms with E-state index in [1.807, 2.05) is 13.8 Å². The molecule has 0 aromatic heterocycles. The second kappa shape index (κ2) is 6.07. The lowest BCUT2D eigenvalue weighted by atomic mass is 9.90. The number of nitrogens with one attached hydrogen (secondary N) is 1. The van der Waals surface area contributed by atoms with Gasteiger partial charge in [0, 0.05) is 6.54 Å². The van der Waals surface area contributed by atoms with Gasteiger partial charge >= 0.3 is 0 Å². The average molecular weight is 312 g/mol. The molecule has 1 heterocycles. The van der Waals surface area contributed by atoms with Crippen molar-refractivity contribution in [3.63, 3.8) is 0 Å². The van der Waals surface area contributed by atoms with Gasteiger partial charge in [0.25, 0.3) is 0 Å². The summed E-state index contributed by atoms with van der Waals surface area (Å²) in [6.07, 6.45) is 1.11. The third kappa shape index (κ3) is 5.37. The smallest absolute Gasteiger partial charge is 0.214 e. The van der Waals surface area contributed by atoms with Crippen LogP contribution >= 0.6 is 0 Å². The summed E-state index contributed by atoms with van der Waals surface area (Å²) < 4.78 is 49.4. The van der Waals surface area contributed by atoms with E-state index in [1.54, 1.807) is 0 Å². The van der Waals surface area contributed by atoms with E-state index in [-0.39, 0.29) is 29.8 Å². The molecule has 0 aromatic rings.